The molecule has 2 nitrogen and oxygen atoms in total. The Kier molecular flexibility index (Phi) is 8.58. The van der Waals surface area contributed by atoms with Gasteiger partial charge in [0.05, 0.1) is 11.0 Å². The number of hydrogen-bond donors (Lipinski definition) is 0. The molecule has 0 aliphatic heterocycles. The van der Waals surface area contributed by atoms with E-state index in [4.69, 9.17) is 6.42 Å². The number of allylic oxidation sites excluding steroid dienone is 10. The zero-order chi connectivity index (χ0) is 30.3. The van der Waals surface area contributed by atoms with Gasteiger partial charge in [0.1, 0.15) is 0 Å². The van der Waals surface area contributed by atoms with E-state index in [2.05, 4.69) is 168 Å². The number of rotatable bonds is 8. The third-order valence-corrected chi connectivity index (χ3v) is 8.21. The van der Waals surface area contributed by atoms with E-state index in [0.717, 1.165) is 34.6 Å². The molecule has 0 saturated carbocycles. The molecular weight excluding hydrogens is 532 g/mol. The normalized spacial score (nSPS) is 14.0. The Morgan fingerprint density at radius 1 is 0.841 bits per heavy atom. The average Bonchev–Trinajstić information content (AvgIpc) is 3.21. The molecule has 4 aromatic carbocycles. The Bertz CT molecular complexity index is 1980. The number of benzene rings is 4. The largest absolute Gasteiger partial charge is 0.338 e. The van der Waals surface area contributed by atoms with E-state index in [1.807, 2.05) is 13.0 Å². The van der Waals surface area contributed by atoms with Crippen molar-refractivity contribution in [2.45, 2.75) is 20.3 Å². The van der Waals surface area contributed by atoms with E-state index in [-0.39, 0.29) is 0 Å². The highest BCUT2D eigenvalue weighted by atomic mass is 15.1. The summed E-state index contributed by atoms with van der Waals surface area (Å²) >= 11 is 0. The van der Waals surface area contributed by atoms with Crippen LogP contribution in [0, 0.1) is 12.3 Å². The van der Waals surface area contributed by atoms with Crippen LogP contribution < -0.4 is 4.90 Å². The highest BCUT2D eigenvalue weighted by Crippen LogP contribution is 2.34. The van der Waals surface area contributed by atoms with Gasteiger partial charge in [-0.2, -0.15) is 0 Å². The summed E-state index contributed by atoms with van der Waals surface area (Å²) in [6.07, 6.45) is 23.8. The van der Waals surface area contributed by atoms with Crippen LogP contribution in [0.5, 0.6) is 0 Å². The number of anilines is 1. The van der Waals surface area contributed by atoms with Gasteiger partial charge in [-0.25, -0.2) is 0 Å². The fourth-order valence-corrected chi connectivity index (χ4v) is 5.86. The van der Waals surface area contributed by atoms with E-state index in [9.17, 15) is 0 Å². The average molecular weight is 569 g/mol. The van der Waals surface area contributed by atoms with Crippen LogP contribution in [0.25, 0.3) is 33.1 Å². The molecule has 44 heavy (non-hydrogen) atoms. The van der Waals surface area contributed by atoms with E-state index in [1.54, 1.807) is 0 Å². The highest BCUT2D eigenvalue weighted by Gasteiger charge is 2.15. The second-order valence-corrected chi connectivity index (χ2v) is 10.9. The van der Waals surface area contributed by atoms with Crippen molar-refractivity contribution < 1.29 is 0 Å². The number of terminal acetylenes is 1. The number of fused-ring (bicyclic) bond motifs is 3. The summed E-state index contributed by atoms with van der Waals surface area (Å²) in [5.74, 6) is 2.70. The Hall–Kier alpha value is -5.52. The molecule has 5 aromatic rings. The molecule has 2 heteroatoms. The lowest BCUT2D eigenvalue weighted by Gasteiger charge is -2.26. The molecule has 0 spiro atoms. The monoisotopic (exact) mass is 568 g/mol. The molecule has 214 valence electrons. The van der Waals surface area contributed by atoms with Crippen molar-refractivity contribution in [2.24, 2.45) is 0 Å². The SMILES string of the molecule is C#C/C=C(\C=C/CN(C1=CCC=C(c2ccccc2)C=C1)c1cccc(-n2c3ccccc3c3ccccc32)c1)C(/C)=C/C. The van der Waals surface area contributed by atoms with Crippen LogP contribution in [0.2, 0.25) is 0 Å². The van der Waals surface area contributed by atoms with Crippen molar-refractivity contribution >= 4 is 33.1 Å². The third kappa shape index (κ3) is 5.87. The second-order valence-electron chi connectivity index (χ2n) is 10.9. The minimum absolute atomic E-state index is 0.687. The maximum absolute atomic E-state index is 5.66. The van der Waals surface area contributed by atoms with E-state index in [0.29, 0.717) is 6.54 Å². The summed E-state index contributed by atoms with van der Waals surface area (Å²) in [5.41, 5.74) is 10.5. The van der Waals surface area contributed by atoms with Crippen LogP contribution in [0.4, 0.5) is 5.69 Å². The maximum Gasteiger partial charge on any atom is 0.0541 e. The lowest BCUT2D eigenvalue weighted by Crippen LogP contribution is -2.22. The van der Waals surface area contributed by atoms with Crippen LogP contribution in [0.1, 0.15) is 25.8 Å². The van der Waals surface area contributed by atoms with E-state index in [1.165, 1.54) is 32.9 Å². The first-order valence-corrected chi connectivity index (χ1v) is 15.1. The zero-order valence-electron chi connectivity index (χ0n) is 25.3. The molecule has 0 N–H and O–H groups in total. The predicted octanol–water partition coefficient (Wildman–Crippen LogP) is 10.6. The molecule has 0 atom stereocenters. The van der Waals surface area contributed by atoms with E-state index < -0.39 is 0 Å². The molecule has 0 radical (unpaired) electrons. The molecule has 0 unspecified atom stereocenters. The second kappa shape index (κ2) is 13.2. The van der Waals surface area contributed by atoms with Crippen LogP contribution in [0.3, 0.4) is 0 Å². The van der Waals surface area contributed by atoms with Gasteiger partial charge in [-0.1, -0.05) is 115 Å². The fraction of sp³-hybridized carbons (Fsp3) is 0.0952. The first-order chi connectivity index (χ1) is 21.7. The summed E-state index contributed by atoms with van der Waals surface area (Å²) in [5, 5.41) is 2.52. The van der Waals surface area contributed by atoms with Crippen LogP contribution >= 0.6 is 0 Å². The molecule has 0 fully saturated rings. The van der Waals surface area contributed by atoms with Crippen molar-refractivity contribution in [1.82, 2.24) is 4.57 Å². The molecule has 1 aliphatic carbocycles. The van der Waals surface area contributed by atoms with Gasteiger partial charge >= 0.3 is 0 Å². The Morgan fingerprint density at radius 3 is 2.25 bits per heavy atom. The van der Waals surface area contributed by atoms with Crippen molar-refractivity contribution in [3.8, 4) is 18.0 Å². The Labute approximate surface area is 261 Å². The highest BCUT2D eigenvalue weighted by molar-refractivity contribution is 6.09. The topological polar surface area (TPSA) is 8.17 Å². The lowest BCUT2D eigenvalue weighted by molar-refractivity contribution is 1.02. The zero-order valence-corrected chi connectivity index (χ0v) is 25.3. The van der Waals surface area contributed by atoms with Gasteiger partial charge < -0.3 is 9.47 Å². The predicted molar refractivity (Wildman–Crippen MR) is 190 cm³/mol. The molecule has 0 amide bonds. The molecular formula is C42H36N2. The van der Waals surface area contributed by atoms with Gasteiger partial charge in [0.25, 0.3) is 0 Å². The fourth-order valence-electron chi connectivity index (χ4n) is 5.86. The van der Waals surface area contributed by atoms with Crippen LogP contribution in [-0.4, -0.2) is 11.1 Å². The standard InChI is InChI=1S/C42H36N2/c1-4-16-33(32(3)5-2)20-15-30-43(36-21-13-19-35(28-29-36)34-17-7-6-8-18-34)37-22-14-23-38(31-37)44-41-26-11-9-24-39(41)40-25-10-12-27-42(40)44/h1,5-12,14-29,31H,13,30H2,2-3H3/b20-15-,32-5+,33-16+. The van der Waals surface area contributed by atoms with Crippen LogP contribution in [0.15, 0.2) is 169 Å². The van der Waals surface area contributed by atoms with Gasteiger partial charge in [-0.15, -0.1) is 6.42 Å². The first-order valence-electron chi connectivity index (χ1n) is 15.1. The van der Waals surface area contributed by atoms with Gasteiger partial charge in [0, 0.05) is 34.4 Å². The first kappa shape index (κ1) is 28.6. The molecule has 1 aromatic heterocycles. The minimum Gasteiger partial charge on any atom is -0.338 e. The molecule has 1 heterocycles. The number of aromatic nitrogens is 1. The summed E-state index contributed by atoms with van der Waals surface area (Å²) < 4.78 is 2.37. The Morgan fingerprint density at radius 2 is 1.55 bits per heavy atom. The smallest absolute Gasteiger partial charge is 0.0541 e. The number of nitrogens with zero attached hydrogens (tertiary/aromatic N) is 2. The third-order valence-electron chi connectivity index (χ3n) is 8.21. The number of hydrogen-bond acceptors (Lipinski definition) is 1. The number of para-hydroxylation sites is 2. The summed E-state index contributed by atoms with van der Waals surface area (Å²) in [4.78, 5) is 2.38. The minimum atomic E-state index is 0.687. The molecule has 0 saturated heterocycles. The maximum atomic E-state index is 5.66. The summed E-state index contributed by atoms with van der Waals surface area (Å²) in [7, 11) is 0. The van der Waals surface area contributed by atoms with Crippen molar-refractivity contribution in [3.05, 3.63) is 174 Å². The lowest BCUT2D eigenvalue weighted by atomic mass is 10.1. The van der Waals surface area contributed by atoms with Gasteiger partial charge in [0.2, 0.25) is 0 Å². The van der Waals surface area contributed by atoms with E-state index >= 15 is 0 Å². The Balaban J connectivity index is 1.42. The summed E-state index contributed by atoms with van der Waals surface area (Å²) in [6, 6.07) is 36.7. The van der Waals surface area contributed by atoms with Crippen molar-refractivity contribution in [1.29, 1.82) is 0 Å². The molecule has 1 aliphatic rings. The molecule has 6 rings (SSSR count). The van der Waals surface area contributed by atoms with Gasteiger partial charge in [0.15, 0.2) is 0 Å². The van der Waals surface area contributed by atoms with Crippen molar-refractivity contribution in [2.75, 3.05) is 11.4 Å². The van der Waals surface area contributed by atoms with Crippen molar-refractivity contribution in [3.63, 3.8) is 0 Å². The quantitative estimate of drug-likeness (QED) is 0.134. The summed E-state index contributed by atoms with van der Waals surface area (Å²) in [6.45, 7) is 4.82. The van der Waals surface area contributed by atoms with Crippen LogP contribution in [-0.2, 0) is 0 Å². The van der Waals surface area contributed by atoms with Gasteiger partial charge in [-0.05, 0) is 85.0 Å². The molecule has 0 bridgehead atoms. The van der Waals surface area contributed by atoms with Gasteiger partial charge in [-0.3, -0.25) is 0 Å².